The first-order valence-electron chi connectivity index (χ1n) is 6.63. The zero-order valence-electron chi connectivity index (χ0n) is 11.6. The highest BCUT2D eigenvalue weighted by molar-refractivity contribution is 5.36. The maximum absolute atomic E-state index is 5.51. The van der Waals surface area contributed by atoms with Crippen molar-refractivity contribution in [1.82, 2.24) is 4.98 Å². The molecule has 4 nitrogen and oxygen atoms in total. The quantitative estimate of drug-likeness (QED) is 0.686. The predicted octanol–water partition coefficient (Wildman–Crippen LogP) is 2.95. The van der Waals surface area contributed by atoms with Gasteiger partial charge in [-0.1, -0.05) is 19.9 Å². The summed E-state index contributed by atoms with van der Waals surface area (Å²) in [6, 6.07) is 5.74. The fourth-order valence-electron chi connectivity index (χ4n) is 1.45. The molecule has 0 aromatic carbocycles. The van der Waals surface area contributed by atoms with Gasteiger partial charge in [0.1, 0.15) is 5.82 Å². The highest BCUT2D eigenvalue weighted by Crippen LogP contribution is 2.11. The molecule has 0 amide bonds. The summed E-state index contributed by atoms with van der Waals surface area (Å²) < 4.78 is 10.9. The van der Waals surface area contributed by atoms with Crippen LogP contribution < -0.4 is 10.1 Å². The SMILES string of the molecule is CCOc1cccc(NCCCOCC(C)C)n1. The van der Waals surface area contributed by atoms with Crippen LogP contribution in [-0.4, -0.2) is 31.3 Å². The maximum Gasteiger partial charge on any atom is 0.215 e. The molecule has 0 aliphatic carbocycles. The van der Waals surface area contributed by atoms with Gasteiger partial charge in [0.15, 0.2) is 0 Å². The van der Waals surface area contributed by atoms with Gasteiger partial charge in [0.25, 0.3) is 0 Å². The molecule has 1 rings (SSSR count). The average Bonchev–Trinajstić information content (AvgIpc) is 2.34. The number of anilines is 1. The van der Waals surface area contributed by atoms with Crippen molar-refractivity contribution >= 4 is 5.82 Å². The Morgan fingerprint density at radius 3 is 2.89 bits per heavy atom. The van der Waals surface area contributed by atoms with Crippen molar-refractivity contribution in [2.75, 3.05) is 31.7 Å². The third-order valence-electron chi connectivity index (χ3n) is 2.24. The average molecular weight is 252 g/mol. The summed E-state index contributed by atoms with van der Waals surface area (Å²) in [7, 11) is 0. The van der Waals surface area contributed by atoms with Crippen LogP contribution >= 0.6 is 0 Å². The molecule has 102 valence electrons. The van der Waals surface area contributed by atoms with Crippen LogP contribution in [0.5, 0.6) is 5.88 Å². The second kappa shape index (κ2) is 8.75. The van der Waals surface area contributed by atoms with Gasteiger partial charge in [-0.3, -0.25) is 0 Å². The lowest BCUT2D eigenvalue weighted by Gasteiger charge is -2.09. The lowest BCUT2D eigenvalue weighted by molar-refractivity contribution is 0.110. The zero-order valence-corrected chi connectivity index (χ0v) is 11.6. The minimum absolute atomic E-state index is 0.600. The second-order valence-corrected chi connectivity index (χ2v) is 4.54. The van der Waals surface area contributed by atoms with E-state index in [1.165, 1.54) is 0 Å². The Balaban J connectivity index is 2.16. The number of aromatic nitrogens is 1. The Hall–Kier alpha value is -1.29. The number of hydrogen-bond acceptors (Lipinski definition) is 4. The van der Waals surface area contributed by atoms with Gasteiger partial charge in [-0.25, -0.2) is 0 Å². The lowest BCUT2D eigenvalue weighted by Crippen LogP contribution is -2.09. The van der Waals surface area contributed by atoms with Crippen molar-refractivity contribution in [3.63, 3.8) is 0 Å². The van der Waals surface area contributed by atoms with Crippen LogP contribution in [0.1, 0.15) is 27.2 Å². The zero-order chi connectivity index (χ0) is 13.2. The molecule has 0 unspecified atom stereocenters. The molecule has 0 radical (unpaired) electrons. The van der Waals surface area contributed by atoms with Crippen LogP contribution in [0.3, 0.4) is 0 Å². The van der Waals surface area contributed by atoms with Crippen LogP contribution in [-0.2, 0) is 4.74 Å². The van der Waals surface area contributed by atoms with Gasteiger partial charge in [0, 0.05) is 25.8 Å². The van der Waals surface area contributed by atoms with Crippen molar-refractivity contribution in [2.24, 2.45) is 5.92 Å². The number of nitrogens with zero attached hydrogens (tertiary/aromatic N) is 1. The molecule has 0 saturated heterocycles. The van der Waals surface area contributed by atoms with Gasteiger partial charge in [-0.15, -0.1) is 0 Å². The lowest BCUT2D eigenvalue weighted by atomic mass is 10.2. The van der Waals surface area contributed by atoms with Gasteiger partial charge < -0.3 is 14.8 Å². The molecule has 1 aromatic rings. The summed E-state index contributed by atoms with van der Waals surface area (Å²) >= 11 is 0. The molecular weight excluding hydrogens is 228 g/mol. The highest BCUT2D eigenvalue weighted by atomic mass is 16.5. The summed E-state index contributed by atoms with van der Waals surface area (Å²) in [6.07, 6.45) is 0.979. The maximum atomic E-state index is 5.51. The van der Waals surface area contributed by atoms with Gasteiger partial charge >= 0.3 is 0 Å². The molecule has 0 bridgehead atoms. The van der Waals surface area contributed by atoms with Crippen LogP contribution in [0.2, 0.25) is 0 Å². The van der Waals surface area contributed by atoms with Gasteiger partial charge in [-0.2, -0.15) is 4.98 Å². The Morgan fingerprint density at radius 1 is 1.33 bits per heavy atom. The summed E-state index contributed by atoms with van der Waals surface area (Å²) in [5, 5.41) is 3.26. The molecule has 1 aromatic heterocycles. The molecule has 18 heavy (non-hydrogen) atoms. The van der Waals surface area contributed by atoms with E-state index in [-0.39, 0.29) is 0 Å². The normalized spacial score (nSPS) is 10.7. The first kappa shape index (κ1) is 14.8. The molecule has 1 N–H and O–H groups in total. The van der Waals surface area contributed by atoms with Crippen molar-refractivity contribution < 1.29 is 9.47 Å². The predicted molar refractivity (Wildman–Crippen MR) is 74.2 cm³/mol. The molecule has 1 heterocycles. The fourth-order valence-corrected chi connectivity index (χ4v) is 1.45. The minimum atomic E-state index is 0.600. The van der Waals surface area contributed by atoms with Gasteiger partial charge in [0.05, 0.1) is 6.61 Å². The molecule has 0 saturated carbocycles. The Labute approximate surface area is 110 Å². The van der Waals surface area contributed by atoms with E-state index >= 15 is 0 Å². The Kier molecular flexibility index (Phi) is 7.18. The van der Waals surface area contributed by atoms with E-state index in [0.717, 1.165) is 32.0 Å². The largest absolute Gasteiger partial charge is 0.478 e. The van der Waals surface area contributed by atoms with Gasteiger partial charge in [0.2, 0.25) is 5.88 Å². The van der Waals surface area contributed by atoms with E-state index < -0.39 is 0 Å². The standard InChI is InChI=1S/C14H24N2O2/c1-4-18-14-8-5-7-13(16-14)15-9-6-10-17-11-12(2)3/h5,7-8,12H,4,6,9-11H2,1-3H3,(H,15,16). The van der Waals surface area contributed by atoms with E-state index in [2.05, 4.69) is 24.1 Å². The molecule has 0 fully saturated rings. The van der Waals surface area contributed by atoms with Crippen LogP contribution in [0.25, 0.3) is 0 Å². The third kappa shape index (κ3) is 6.45. The Morgan fingerprint density at radius 2 is 2.17 bits per heavy atom. The van der Waals surface area contributed by atoms with Crippen molar-refractivity contribution in [3.8, 4) is 5.88 Å². The first-order valence-corrected chi connectivity index (χ1v) is 6.63. The Bertz CT molecular complexity index is 329. The summed E-state index contributed by atoms with van der Waals surface area (Å²) in [6.45, 7) is 9.38. The van der Waals surface area contributed by atoms with Crippen molar-refractivity contribution in [3.05, 3.63) is 18.2 Å². The number of rotatable bonds is 9. The highest BCUT2D eigenvalue weighted by Gasteiger charge is 1.98. The second-order valence-electron chi connectivity index (χ2n) is 4.54. The molecule has 4 heteroatoms. The van der Waals surface area contributed by atoms with Gasteiger partial charge in [-0.05, 0) is 25.3 Å². The van der Waals surface area contributed by atoms with E-state index in [1.54, 1.807) is 0 Å². The number of pyridine rings is 1. The van der Waals surface area contributed by atoms with E-state index in [1.807, 2.05) is 25.1 Å². The molecule has 0 atom stereocenters. The topological polar surface area (TPSA) is 43.4 Å². The minimum Gasteiger partial charge on any atom is -0.478 e. The summed E-state index contributed by atoms with van der Waals surface area (Å²) in [4.78, 5) is 4.33. The molecule has 0 aliphatic heterocycles. The number of hydrogen-bond donors (Lipinski definition) is 1. The van der Waals surface area contributed by atoms with E-state index in [4.69, 9.17) is 9.47 Å². The monoisotopic (exact) mass is 252 g/mol. The fraction of sp³-hybridized carbons (Fsp3) is 0.643. The van der Waals surface area contributed by atoms with E-state index in [0.29, 0.717) is 18.4 Å². The molecular formula is C14H24N2O2. The first-order chi connectivity index (χ1) is 8.72. The number of nitrogens with one attached hydrogen (secondary N) is 1. The number of ether oxygens (including phenoxy) is 2. The third-order valence-corrected chi connectivity index (χ3v) is 2.24. The van der Waals surface area contributed by atoms with Crippen LogP contribution in [0, 0.1) is 5.92 Å². The van der Waals surface area contributed by atoms with Crippen molar-refractivity contribution in [2.45, 2.75) is 27.2 Å². The molecule has 0 aliphatic rings. The summed E-state index contributed by atoms with van der Waals surface area (Å²) in [5.74, 6) is 2.12. The van der Waals surface area contributed by atoms with Crippen molar-refractivity contribution in [1.29, 1.82) is 0 Å². The van der Waals surface area contributed by atoms with Crippen LogP contribution in [0.4, 0.5) is 5.82 Å². The molecule has 0 spiro atoms. The van der Waals surface area contributed by atoms with E-state index in [9.17, 15) is 0 Å². The summed E-state index contributed by atoms with van der Waals surface area (Å²) in [5.41, 5.74) is 0. The smallest absolute Gasteiger partial charge is 0.215 e. The van der Waals surface area contributed by atoms with Crippen LogP contribution in [0.15, 0.2) is 18.2 Å².